The van der Waals surface area contributed by atoms with Gasteiger partial charge in [-0.3, -0.25) is 4.79 Å². The van der Waals surface area contributed by atoms with Gasteiger partial charge < -0.3 is 14.4 Å². The van der Waals surface area contributed by atoms with Crippen LogP contribution in [0.15, 0.2) is 47.4 Å². The molecule has 2 aromatic rings. The number of sulfonamides is 1. The van der Waals surface area contributed by atoms with E-state index in [4.69, 9.17) is 26.8 Å². The van der Waals surface area contributed by atoms with Crippen LogP contribution < -0.4 is 14.8 Å². The highest BCUT2D eigenvalue weighted by Gasteiger charge is 2.27. The summed E-state index contributed by atoms with van der Waals surface area (Å²) in [6.07, 6.45) is 4.03. The highest BCUT2D eigenvalue weighted by atomic mass is 32.2. The molecule has 0 saturated carbocycles. The Hall–Kier alpha value is -2.14. The second-order valence-electron chi connectivity index (χ2n) is 7.65. The number of nitrogens with two attached hydrogens (primary N) is 1. The Kier molecular flexibility index (Phi) is 9.13. The average Bonchev–Trinajstić information content (AvgIpc) is 3.32. The molecule has 10 heteroatoms. The molecule has 3 rings (SSSR count). The van der Waals surface area contributed by atoms with E-state index in [1.807, 2.05) is 31.2 Å². The van der Waals surface area contributed by atoms with E-state index < -0.39 is 10.0 Å². The standard InChI is InChI=1S/C23H28N2O5S3/c1-2-3-11-21(26)29-16-32-23(31)17-14-19(25-12-7-8-13-25)22(20(15-17)33(24,27)28)30-18-9-5-4-6-10-18/h4-6,9-10,14-15H,2-3,7-8,11-13,16H2,1H3,(H2,24,27,28). The molecule has 0 amide bonds. The number of thiocarbonyl (C=S) groups is 1. The largest absolute Gasteiger partial charge is 0.454 e. The van der Waals surface area contributed by atoms with Crippen molar-refractivity contribution < 1.29 is 22.7 Å². The first kappa shape index (κ1) is 25.5. The van der Waals surface area contributed by atoms with Crippen molar-refractivity contribution in [1.29, 1.82) is 0 Å². The van der Waals surface area contributed by atoms with E-state index in [0.717, 1.165) is 38.8 Å². The lowest BCUT2D eigenvalue weighted by molar-refractivity contribution is -0.141. The Morgan fingerprint density at radius 3 is 2.52 bits per heavy atom. The van der Waals surface area contributed by atoms with Crippen LogP contribution >= 0.6 is 24.0 Å². The van der Waals surface area contributed by atoms with Gasteiger partial charge in [0, 0.05) is 25.1 Å². The van der Waals surface area contributed by atoms with Gasteiger partial charge in [0.25, 0.3) is 0 Å². The third kappa shape index (κ3) is 7.17. The first-order valence-electron chi connectivity index (χ1n) is 10.8. The summed E-state index contributed by atoms with van der Waals surface area (Å²) in [5.41, 5.74) is 1.15. The molecule has 0 bridgehead atoms. The third-order valence-electron chi connectivity index (χ3n) is 5.13. The van der Waals surface area contributed by atoms with Gasteiger partial charge in [-0.25, -0.2) is 13.6 Å². The van der Waals surface area contributed by atoms with E-state index in [-0.39, 0.29) is 22.6 Å². The fraction of sp³-hybridized carbons (Fsp3) is 0.391. The van der Waals surface area contributed by atoms with Gasteiger partial charge in [-0.15, -0.1) is 0 Å². The molecule has 0 spiro atoms. The molecular weight excluding hydrogens is 480 g/mol. The number of thioether (sulfide) groups is 1. The molecule has 0 aliphatic carbocycles. The molecule has 1 aliphatic heterocycles. The number of nitrogens with zero attached hydrogens (tertiary/aromatic N) is 1. The number of primary sulfonamides is 1. The Labute approximate surface area is 204 Å². The molecule has 1 saturated heterocycles. The normalized spacial score (nSPS) is 13.7. The summed E-state index contributed by atoms with van der Waals surface area (Å²) in [7, 11) is -4.11. The van der Waals surface area contributed by atoms with Crippen molar-refractivity contribution in [2.45, 2.75) is 43.9 Å². The molecule has 0 aromatic heterocycles. The fourth-order valence-electron chi connectivity index (χ4n) is 3.44. The Balaban J connectivity index is 1.92. The summed E-state index contributed by atoms with van der Waals surface area (Å²) in [5, 5.41) is 5.59. The predicted molar refractivity (Wildman–Crippen MR) is 136 cm³/mol. The lowest BCUT2D eigenvalue weighted by atomic mass is 10.2. The zero-order chi connectivity index (χ0) is 23.8. The minimum atomic E-state index is -4.11. The van der Waals surface area contributed by atoms with Crippen LogP contribution in [-0.2, 0) is 19.6 Å². The van der Waals surface area contributed by atoms with Crippen LogP contribution in [0.1, 0.15) is 44.6 Å². The second-order valence-corrected chi connectivity index (χ2v) is 10.8. The molecule has 0 atom stereocenters. The van der Waals surface area contributed by atoms with Crippen molar-refractivity contribution in [3.63, 3.8) is 0 Å². The summed E-state index contributed by atoms with van der Waals surface area (Å²) < 4.78 is 36.8. The van der Waals surface area contributed by atoms with Gasteiger partial charge in [0.15, 0.2) is 5.75 Å². The number of carbonyl (C=O) groups is 1. The van der Waals surface area contributed by atoms with E-state index in [9.17, 15) is 13.2 Å². The van der Waals surface area contributed by atoms with Crippen LogP contribution in [0.5, 0.6) is 11.5 Å². The Bertz CT molecular complexity index is 1080. The fourth-order valence-corrected chi connectivity index (χ4v) is 4.98. The maximum absolute atomic E-state index is 12.5. The van der Waals surface area contributed by atoms with Crippen LogP contribution in [0.3, 0.4) is 0 Å². The van der Waals surface area contributed by atoms with Crippen molar-refractivity contribution in [2.75, 3.05) is 23.9 Å². The number of hydrogen-bond acceptors (Lipinski definition) is 8. The smallest absolute Gasteiger partial charge is 0.306 e. The highest BCUT2D eigenvalue weighted by Crippen LogP contribution is 2.41. The van der Waals surface area contributed by atoms with Crippen LogP contribution in [0.2, 0.25) is 0 Å². The lowest BCUT2D eigenvalue weighted by Gasteiger charge is -2.24. The number of para-hydroxylation sites is 1. The SMILES string of the molecule is CCCCC(=O)OCSC(=S)c1cc(N2CCCC2)c(Oc2ccccc2)c(S(N)(=O)=O)c1. The topological polar surface area (TPSA) is 98.9 Å². The number of benzene rings is 2. The lowest BCUT2D eigenvalue weighted by Crippen LogP contribution is -2.21. The molecule has 33 heavy (non-hydrogen) atoms. The summed E-state index contributed by atoms with van der Waals surface area (Å²) in [6.45, 7) is 3.55. The molecule has 0 radical (unpaired) electrons. The van der Waals surface area contributed by atoms with Gasteiger partial charge in [-0.1, -0.05) is 55.5 Å². The van der Waals surface area contributed by atoms with Gasteiger partial charge in [-0.2, -0.15) is 0 Å². The first-order valence-corrected chi connectivity index (χ1v) is 13.7. The predicted octanol–water partition coefficient (Wildman–Crippen LogP) is 4.83. The maximum atomic E-state index is 12.5. The summed E-state index contributed by atoms with van der Waals surface area (Å²) >= 11 is 6.69. The first-order chi connectivity index (χ1) is 15.8. The van der Waals surface area contributed by atoms with Crippen molar-refractivity contribution in [2.24, 2.45) is 5.14 Å². The summed E-state index contributed by atoms with van der Waals surface area (Å²) in [4.78, 5) is 13.7. The molecule has 0 unspecified atom stereocenters. The molecule has 1 heterocycles. The van der Waals surface area contributed by atoms with Crippen LogP contribution in [-0.4, -0.2) is 37.6 Å². The maximum Gasteiger partial charge on any atom is 0.306 e. The van der Waals surface area contributed by atoms with Crippen molar-refractivity contribution in [3.05, 3.63) is 48.0 Å². The van der Waals surface area contributed by atoms with Crippen molar-refractivity contribution >= 4 is 49.9 Å². The molecule has 1 fully saturated rings. The van der Waals surface area contributed by atoms with Gasteiger partial charge in [-0.05, 0) is 43.5 Å². The molecular formula is C23H28N2O5S3. The van der Waals surface area contributed by atoms with E-state index in [2.05, 4.69) is 4.90 Å². The zero-order valence-corrected chi connectivity index (χ0v) is 20.9. The van der Waals surface area contributed by atoms with Crippen LogP contribution in [0.25, 0.3) is 0 Å². The number of ether oxygens (including phenoxy) is 2. The van der Waals surface area contributed by atoms with E-state index in [0.29, 0.717) is 27.6 Å². The van der Waals surface area contributed by atoms with Gasteiger partial charge in [0.1, 0.15) is 16.6 Å². The van der Waals surface area contributed by atoms with E-state index in [1.54, 1.807) is 12.1 Å². The monoisotopic (exact) mass is 508 g/mol. The van der Waals surface area contributed by atoms with Crippen LogP contribution in [0, 0.1) is 0 Å². The number of rotatable bonds is 10. The number of unbranched alkanes of at least 4 members (excludes halogenated alkanes) is 1. The van der Waals surface area contributed by atoms with Crippen molar-refractivity contribution in [3.8, 4) is 11.5 Å². The highest BCUT2D eigenvalue weighted by molar-refractivity contribution is 8.23. The summed E-state index contributed by atoms with van der Waals surface area (Å²) in [5.74, 6) is 0.481. The molecule has 1 aliphatic rings. The minimum Gasteiger partial charge on any atom is -0.454 e. The molecule has 2 N–H and O–H groups in total. The zero-order valence-electron chi connectivity index (χ0n) is 18.5. The van der Waals surface area contributed by atoms with Gasteiger partial charge >= 0.3 is 5.97 Å². The quantitative estimate of drug-likeness (QED) is 0.277. The van der Waals surface area contributed by atoms with Crippen molar-refractivity contribution in [1.82, 2.24) is 0 Å². The summed E-state index contributed by atoms with van der Waals surface area (Å²) in [6, 6.07) is 12.2. The minimum absolute atomic E-state index is 0.0629. The average molecular weight is 509 g/mol. The molecule has 178 valence electrons. The Morgan fingerprint density at radius 2 is 1.88 bits per heavy atom. The molecule has 2 aromatic carbocycles. The van der Waals surface area contributed by atoms with Gasteiger partial charge in [0.05, 0.1) is 9.88 Å². The Morgan fingerprint density at radius 1 is 1.18 bits per heavy atom. The number of carbonyl (C=O) groups excluding carboxylic acids is 1. The van der Waals surface area contributed by atoms with E-state index >= 15 is 0 Å². The third-order valence-corrected chi connectivity index (χ3v) is 7.37. The molecule has 7 nitrogen and oxygen atoms in total. The number of hydrogen-bond donors (Lipinski definition) is 1. The van der Waals surface area contributed by atoms with E-state index in [1.165, 1.54) is 17.8 Å². The second kappa shape index (κ2) is 11.8. The van der Waals surface area contributed by atoms with Crippen LogP contribution in [0.4, 0.5) is 5.69 Å². The van der Waals surface area contributed by atoms with Gasteiger partial charge in [0.2, 0.25) is 10.0 Å². The number of esters is 1. The number of anilines is 1.